The van der Waals surface area contributed by atoms with Gasteiger partial charge in [0.15, 0.2) is 0 Å². The Hall–Kier alpha value is -1.67. The molecule has 0 aliphatic heterocycles. The maximum atomic E-state index is 11.8. The number of hydrogen-bond donors (Lipinski definition) is 2. The summed E-state index contributed by atoms with van der Waals surface area (Å²) in [7, 11) is -3.81. The number of carbonyl (C=O) groups is 1. The molecule has 0 saturated heterocycles. The third-order valence-electron chi connectivity index (χ3n) is 2.42. The minimum Gasteiger partial charge on any atom is -0.291 e. The summed E-state index contributed by atoms with van der Waals surface area (Å²) in [6, 6.07) is 2.53. The topological polar surface area (TPSA) is 91.4 Å². The number of rotatable bonds is 5. The van der Waals surface area contributed by atoms with Gasteiger partial charge in [-0.25, -0.2) is 14.5 Å². The Bertz CT molecular complexity index is 523. The summed E-state index contributed by atoms with van der Waals surface area (Å²) in [6.07, 6.45) is 1.58. The van der Waals surface area contributed by atoms with Crippen LogP contribution in [0.2, 0.25) is 0 Å². The van der Waals surface area contributed by atoms with Crippen molar-refractivity contribution in [1.82, 2.24) is 14.0 Å². The van der Waals surface area contributed by atoms with Crippen LogP contribution in [-0.2, 0) is 10.2 Å². The lowest BCUT2D eigenvalue weighted by molar-refractivity contribution is 0.255. The Labute approximate surface area is 113 Å². The number of carbonyl (C=O) groups excluding carboxylic acids is 1. The number of aryl methyl sites for hydroxylation is 1. The van der Waals surface area contributed by atoms with Crippen LogP contribution in [0.1, 0.15) is 19.4 Å². The van der Waals surface area contributed by atoms with Gasteiger partial charge in [-0.05, 0) is 18.6 Å². The maximum absolute atomic E-state index is 11.8. The molecule has 0 atom stereocenters. The highest BCUT2D eigenvalue weighted by Crippen LogP contribution is 2.04. The molecule has 0 saturated carbocycles. The lowest BCUT2D eigenvalue weighted by Crippen LogP contribution is -2.45. The van der Waals surface area contributed by atoms with Gasteiger partial charge in [0.25, 0.3) is 0 Å². The molecule has 0 fully saturated rings. The summed E-state index contributed by atoms with van der Waals surface area (Å²) in [5.41, 5.74) is 0.946. The molecule has 2 amide bonds. The smallest absolute Gasteiger partial charge is 0.291 e. The number of amides is 2. The van der Waals surface area contributed by atoms with Gasteiger partial charge in [0.2, 0.25) is 0 Å². The molecular weight excluding hydrogens is 268 g/mol. The molecule has 0 spiro atoms. The van der Waals surface area contributed by atoms with Gasteiger partial charge in [-0.3, -0.25) is 5.32 Å². The SMILES string of the molecule is CCN(CC)S(=O)(=O)NC(=O)Nc1ccc(C)cn1. The van der Waals surface area contributed by atoms with Gasteiger partial charge >= 0.3 is 16.2 Å². The fourth-order valence-electron chi connectivity index (χ4n) is 1.43. The van der Waals surface area contributed by atoms with E-state index in [1.807, 2.05) is 11.6 Å². The summed E-state index contributed by atoms with van der Waals surface area (Å²) in [5, 5.41) is 2.36. The van der Waals surface area contributed by atoms with Gasteiger partial charge in [0, 0.05) is 19.3 Å². The highest BCUT2D eigenvalue weighted by molar-refractivity contribution is 7.87. The number of pyridine rings is 1. The second-order valence-electron chi connectivity index (χ2n) is 3.87. The Morgan fingerprint density at radius 2 is 1.95 bits per heavy atom. The Kier molecular flexibility index (Phi) is 5.25. The van der Waals surface area contributed by atoms with Crippen LogP contribution in [0.15, 0.2) is 18.3 Å². The van der Waals surface area contributed by atoms with Crippen molar-refractivity contribution in [2.24, 2.45) is 0 Å². The van der Waals surface area contributed by atoms with Crippen molar-refractivity contribution < 1.29 is 13.2 Å². The van der Waals surface area contributed by atoms with Gasteiger partial charge in [-0.2, -0.15) is 12.7 Å². The second-order valence-corrected chi connectivity index (χ2v) is 5.54. The van der Waals surface area contributed by atoms with Crippen molar-refractivity contribution in [2.45, 2.75) is 20.8 Å². The zero-order chi connectivity index (χ0) is 14.5. The number of nitrogens with zero attached hydrogens (tertiary/aromatic N) is 2. The van der Waals surface area contributed by atoms with Crippen molar-refractivity contribution in [3.8, 4) is 0 Å². The predicted molar refractivity (Wildman–Crippen MR) is 73.0 cm³/mol. The van der Waals surface area contributed by atoms with Crippen LogP contribution in [0.5, 0.6) is 0 Å². The van der Waals surface area contributed by atoms with E-state index < -0.39 is 16.2 Å². The normalized spacial score (nSPS) is 11.4. The predicted octanol–water partition coefficient (Wildman–Crippen LogP) is 1.10. The third kappa shape index (κ3) is 4.49. The van der Waals surface area contributed by atoms with Gasteiger partial charge in [-0.1, -0.05) is 19.9 Å². The van der Waals surface area contributed by atoms with E-state index >= 15 is 0 Å². The molecule has 106 valence electrons. The second kappa shape index (κ2) is 6.48. The standard InChI is InChI=1S/C11H18N4O3S/c1-4-15(5-2)19(17,18)14-11(16)13-10-7-6-9(3)8-12-10/h6-8H,4-5H2,1-3H3,(H2,12,13,14,16). The lowest BCUT2D eigenvalue weighted by atomic mass is 10.3. The Balaban J connectivity index is 2.67. The molecule has 0 aliphatic rings. The van der Waals surface area contributed by atoms with E-state index in [0.717, 1.165) is 9.87 Å². The molecule has 0 aliphatic carbocycles. The van der Waals surface area contributed by atoms with Crippen molar-refractivity contribution in [2.75, 3.05) is 18.4 Å². The number of anilines is 1. The number of hydrogen-bond acceptors (Lipinski definition) is 4. The van der Waals surface area contributed by atoms with E-state index in [4.69, 9.17) is 0 Å². The van der Waals surface area contributed by atoms with Gasteiger partial charge in [0.05, 0.1) is 0 Å². The van der Waals surface area contributed by atoms with Gasteiger partial charge in [-0.15, -0.1) is 0 Å². The maximum Gasteiger partial charge on any atom is 0.335 e. The summed E-state index contributed by atoms with van der Waals surface area (Å²) in [6.45, 7) is 5.84. The Morgan fingerprint density at radius 3 is 2.42 bits per heavy atom. The minimum atomic E-state index is -3.81. The van der Waals surface area contributed by atoms with E-state index in [-0.39, 0.29) is 5.82 Å². The monoisotopic (exact) mass is 286 g/mol. The quantitative estimate of drug-likeness (QED) is 0.848. The average Bonchev–Trinajstić information content (AvgIpc) is 2.32. The van der Waals surface area contributed by atoms with Crippen molar-refractivity contribution in [3.63, 3.8) is 0 Å². The molecule has 19 heavy (non-hydrogen) atoms. The van der Waals surface area contributed by atoms with Crippen LogP contribution in [0.25, 0.3) is 0 Å². The third-order valence-corrected chi connectivity index (χ3v) is 4.06. The minimum absolute atomic E-state index is 0.290. The van der Waals surface area contributed by atoms with Crippen LogP contribution in [0.4, 0.5) is 10.6 Å². The molecule has 1 aromatic rings. The van der Waals surface area contributed by atoms with E-state index in [2.05, 4.69) is 10.3 Å². The molecule has 1 rings (SSSR count). The molecule has 1 heterocycles. The van der Waals surface area contributed by atoms with Crippen LogP contribution >= 0.6 is 0 Å². The van der Waals surface area contributed by atoms with Crippen LogP contribution in [0.3, 0.4) is 0 Å². The molecule has 0 unspecified atom stereocenters. The fourth-order valence-corrected chi connectivity index (χ4v) is 2.52. The first-order valence-corrected chi connectivity index (χ1v) is 7.34. The summed E-state index contributed by atoms with van der Waals surface area (Å²) < 4.78 is 26.6. The van der Waals surface area contributed by atoms with Crippen molar-refractivity contribution in [1.29, 1.82) is 0 Å². The summed E-state index contributed by atoms with van der Waals surface area (Å²) in [5.74, 6) is 0.290. The summed E-state index contributed by atoms with van der Waals surface area (Å²) >= 11 is 0. The summed E-state index contributed by atoms with van der Waals surface area (Å²) in [4.78, 5) is 15.5. The van der Waals surface area contributed by atoms with E-state index in [9.17, 15) is 13.2 Å². The number of nitrogens with one attached hydrogen (secondary N) is 2. The van der Waals surface area contributed by atoms with Crippen molar-refractivity contribution >= 4 is 22.1 Å². The first-order chi connectivity index (χ1) is 8.89. The van der Waals surface area contributed by atoms with E-state index in [1.54, 1.807) is 32.2 Å². The van der Waals surface area contributed by atoms with Crippen molar-refractivity contribution in [3.05, 3.63) is 23.9 Å². The molecule has 7 nitrogen and oxygen atoms in total. The molecule has 0 aromatic carbocycles. The number of urea groups is 1. The van der Waals surface area contributed by atoms with E-state index in [0.29, 0.717) is 13.1 Å². The molecule has 0 bridgehead atoms. The zero-order valence-corrected chi connectivity index (χ0v) is 12.0. The fraction of sp³-hybridized carbons (Fsp3) is 0.455. The highest BCUT2D eigenvalue weighted by atomic mass is 32.2. The number of aromatic nitrogens is 1. The lowest BCUT2D eigenvalue weighted by Gasteiger charge is -2.18. The van der Waals surface area contributed by atoms with Gasteiger partial charge < -0.3 is 0 Å². The molecule has 8 heteroatoms. The average molecular weight is 286 g/mol. The largest absolute Gasteiger partial charge is 0.335 e. The Morgan fingerprint density at radius 1 is 1.32 bits per heavy atom. The first-order valence-electron chi connectivity index (χ1n) is 5.90. The van der Waals surface area contributed by atoms with Gasteiger partial charge in [0.1, 0.15) is 5.82 Å². The van der Waals surface area contributed by atoms with E-state index in [1.165, 1.54) is 0 Å². The molecule has 1 aromatic heterocycles. The highest BCUT2D eigenvalue weighted by Gasteiger charge is 2.21. The zero-order valence-electron chi connectivity index (χ0n) is 11.2. The molecular formula is C11H18N4O3S. The first kappa shape index (κ1) is 15.4. The molecule has 0 radical (unpaired) electrons. The van der Waals surface area contributed by atoms with Crippen LogP contribution in [0, 0.1) is 6.92 Å². The van der Waals surface area contributed by atoms with Crippen LogP contribution in [-0.4, -0.2) is 36.8 Å². The van der Waals surface area contributed by atoms with Crippen LogP contribution < -0.4 is 10.0 Å². The molecule has 2 N–H and O–H groups in total.